The lowest BCUT2D eigenvalue weighted by atomic mass is 10.1. The molecule has 1 N–H and O–H groups in total. The van der Waals surface area contributed by atoms with Crippen LogP contribution in [-0.2, 0) is 6.54 Å². The van der Waals surface area contributed by atoms with E-state index in [1.165, 1.54) is 36.7 Å². The maximum atomic E-state index is 13.6. The van der Waals surface area contributed by atoms with Gasteiger partial charge in [0.15, 0.2) is 0 Å². The highest BCUT2D eigenvalue weighted by Crippen LogP contribution is 2.17. The second-order valence-corrected chi connectivity index (χ2v) is 5.06. The quantitative estimate of drug-likeness (QED) is 0.800. The maximum Gasteiger partial charge on any atom is 0.254 e. The third-order valence-corrected chi connectivity index (χ3v) is 3.41. The fourth-order valence-electron chi connectivity index (χ4n) is 2.18. The van der Waals surface area contributed by atoms with E-state index >= 15 is 0 Å². The molecule has 0 bridgehead atoms. The Morgan fingerprint density at radius 3 is 2.50 bits per heavy atom. The molecule has 1 heterocycles. The molecule has 6 heteroatoms. The number of carbonyl (C=O) groups is 1. The number of hydrogen-bond acceptors (Lipinski definition) is 3. The molecule has 2 aromatic carbocycles. The van der Waals surface area contributed by atoms with E-state index in [1.807, 2.05) is 0 Å². The van der Waals surface area contributed by atoms with Crippen LogP contribution in [0.15, 0.2) is 60.9 Å². The Morgan fingerprint density at radius 2 is 1.75 bits per heavy atom. The molecule has 0 unspecified atom stereocenters. The molecule has 0 radical (unpaired) electrons. The largest absolute Gasteiger partial charge is 0.346 e. The van der Waals surface area contributed by atoms with Crippen LogP contribution in [0.3, 0.4) is 0 Å². The molecule has 24 heavy (non-hydrogen) atoms. The van der Waals surface area contributed by atoms with Crippen molar-refractivity contribution in [2.24, 2.45) is 0 Å². The van der Waals surface area contributed by atoms with Crippen molar-refractivity contribution in [2.45, 2.75) is 6.54 Å². The van der Waals surface area contributed by atoms with Crippen molar-refractivity contribution in [3.63, 3.8) is 0 Å². The van der Waals surface area contributed by atoms with Crippen molar-refractivity contribution in [3.05, 3.63) is 83.8 Å². The van der Waals surface area contributed by atoms with Crippen molar-refractivity contribution in [1.29, 1.82) is 0 Å². The molecule has 0 saturated heterocycles. The zero-order valence-electron chi connectivity index (χ0n) is 12.5. The summed E-state index contributed by atoms with van der Waals surface area (Å²) >= 11 is 0. The lowest BCUT2D eigenvalue weighted by Crippen LogP contribution is -2.24. The standard InChI is InChI=1S/C18H13F2N3O/c19-13-7-5-12(6-8-13)17-9-14(22-11-23-17)10-21-18(24)15-3-1-2-4-16(15)20/h1-9,11H,10H2,(H,21,24). The molecule has 0 aliphatic rings. The first-order valence-electron chi connectivity index (χ1n) is 7.23. The summed E-state index contributed by atoms with van der Waals surface area (Å²) in [5.41, 5.74) is 1.89. The van der Waals surface area contributed by atoms with E-state index in [1.54, 1.807) is 24.3 Å². The summed E-state index contributed by atoms with van der Waals surface area (Å²) in [7, 11) is 0. The van der Waals surface area contributed by atoms with Crippen LogP contribution in [0.1, 0.15) is 16.1 Å². The molecule has 3 rings (SSSR count). The van der Waals surface area contributed by atoms with Gasteiger partial charge in [0.25, 0.3) is 5.91 Å². The van der Waals surface area contributed by atoms with Crippen molar-refractivity contribution in [2.75, 3.05) is 0 Å². The zero-order chi connectivity index (χ0) is 16.9. The molecule has 0 spiro atoms. The molecule has 0 aliphatic carbocycles. The number of halogens is 2. The predicted octanol–water partition coefficient (Wildman–Crippen LogP) is 3.35. The lowest BCUT2D eigenvalue weighted by Gasteiger charge is -2.07. The summed E-state index contributed by atoms with van der Waals surface area (Å²) in [5, 5.41) is 2.61. The Balaban J connectivity index is 1.72. The smallest absolute Gasteiger partial charge is 0.254 e. The van der Waals surface area contributed by atoms with Gasteiger partial charge >= 0.3 is 0 Å². The first-order valence-corrected chi connectivity index (χ1v) is 7.23. The summed E-state index contributed by atoms with van der Waals surface area (Å²) in [6, 6.07) is 13.4. The average Bonchev–Trinajstić information content (AvgIpc) is 2.61. The molecule has 0 fully saturated rings. The van der Waals surface area contributed by atoms with Gasteiger partial charge < -0.3 is 5.32 Å². The number of rotatable bonds is 4. The number of nitrogens with zero attached hydrogens (tertiary/aromatic N) is 2. The zero-order valence-corrected chi connectivity index (χ0v) is 12.5. The highest BCUT2D eigenvalue weighted by atomic mass is 19.1. The van der Waals surface area contributed by atoms with Crippen molar-refractivity contribution < 1.29 is 13.6 Å². The van der Waals surface area contributed by atoms with Crippen LogP contribution >= 0.6 is 0 Å². The van der Waals surface area contributed by atoms with Gasteiger partial charge in [-0.1, -0.05) is 12.1 Å². The molecule has 0 atom stereocenters. The third-order valence-electron chi connectivity index (χ3n) is 3.41. The van der Waals surface area contributed by atoms with Gasteiger partial charge in [0, 0.05) is 5.56 Å². The Hall–Kier alpha value is -3.15. The summed E-state index contributed by atoms with van der Waals surface area (Å²) in [6.45, 7) is 0.129. The summed E-state index contributed by atoms with van der Waals surface area (Å²) in [6.07, 6.45) is 1.36. The second-order valence-electron chi connectivity index (χ2n) is 5.06. The normalized spacial score (nSPS) is 10.4. The number of carbonyl (C=O) groups excluding carboxylic acids is 1. The minimum atomic E-state index is -0.579. The van der Waals surface area contributed by atoms with Crippen LogP contribution in [0, 0.1) is 11.6 Å². The molecule has 0 aliphatic heterocycles. The Labute approximate surface area is 137 Å². The van der Waals surface area contributed by atoms with Crippen LogP contribution in [0.5, 0.6) is 0 Å². The van der Waals surface area contributed by atoms with Gasteiger partial charge in [0.2, 0.25) is 0 Å². The summed E-state index contributed by atoms with van der Waals surface area (Å²) in [4.78, 5) is 20.2. The van der Waals surface area contributed by atoms with Gasteiger partial charge in [-0.05, 0) is 42.5 Å². The molecule has 120 valence electrons. The monoisotopic (exact) mass is 325 g/mol. The van der Waals surface area contributed by atoms with Crippen LogP contribution in [0.2, 0.25) is 0 Å². The SMILES string of the molecule is O=C(NCc1cc(-c2ccc(F)cc2)ncn1)c1ccccc1F. The van der Waals surface area contributed by atoms with Gasteiger partial charge in [-0.15, -0.1) is 0 Å². The molecule has 1 amide bonds. The predicted molar refractivity (Wildman–Crippen MR) is 85.0 cm³/mol. The third kappa shape index (κ3) is 3.60. The highest BCUT2D eigenvalue weighted by Gasteiger charge is 2.11. The van der Waals surface area contributed by atoms with Crippen molar-refractivity contribution >= 4 is 5.91 Å². The summed E-state index contributed by atoms with van der Waals surface area (Å²) in [5.74, 6) is -1.43. The first-order chi connectivity index (χ1) is 11.6. The molecule has 3 aromatic rings. The van der Waals surface area contributed by atoms with Crippen LogP contribution < -0.4 is 5.32 Å². The highest BCUT2D eigenvalue weighted by molar-refractivity contribution is 5.94. The average molecular weight is 325 g/mol. The van der Waals surface area contributed by atoms with Gasteiger partial charge in [0.1, 0.15) is 18.0 Å². The van der Waals surface area contributed by atoms with Crippen LogP contribution in [-0.4, -0.2) is 15.9 Å². The fraction of sp³-hybridized carbons (Fsp3) is 0.0556. The van der Waals surface area contributed by atoms with E-state index in [9.17, 15) is 13.6 Å². The van der Waals surface area contributed by atoms with E-state index in [4.69, 9.17) is 0 Å². The maximum absolute atomic E-state index is 13.6. The van der Waals surface area contributed by atoms with Crippen molar-refractivity contribution in [3.8, 4) is 11.3 Å². The van der Waals surface area contributed by atoms with Gasteiger partial charge in [-0.25, -0.2) is 18.7 Å². The number of hydrogen-bond donors (Lipinski definition) is 1. The van der Waals surface area contributed by atoms with Crippen LogP contribution in [0.4, 0.5) is 8.78 Å². The Kier molecular flexibility index (Phi) is 4.56. The van der Waals surface area contributed by atoms with E-state index in [2.05, 4.69) is 15.3 Å². The van der Waals surface area contributed by atoms with Gasteiger partial charge in [-0.3, -0.25) is 4.79 Å². The minimum absolute atomic E-state index is 0.0229. The fourth-order valence-corrected chi connectivity index (χ4v) is 2.18. The number of nitrogens with one attached hydrogen (secondary N) is 1. The second kappa shape index (κ2) is 6.95. The number of amides is 1. The van der Waals surface area contributed by atoms with Crippen LogP contribution in [0.25, 0.3) is 11.3 Å². The minimum Gasteiger partial charge on any atom is -0.346 e. The Bertz CT molecular complexity index is 866. The summed E-state index contributed by atoms with van der Waals surface area (Å²) < 4.78 is 26.5. The first kappa shape index (κ1) is 15.7. The van der Waals surface area contributed by atoms with E-state index in [0.29, 0.717) is 11.4 Å². The number of aromatic nitrogens is 2. The van der Waals surface area contributed by atoms with E-state index < -0.39 is 11.7 Å². The van der Waals surface area contributed by atoms with Gasteiger partial charge in [-0.2, -0.15) is 0 Å². The molecule has 1 aromatic heterocycles. The van der Waals surface area contributed by atoms with E-state index in [0.717, 1.165) is 5.56 Å². The molecular formula is C18H13F2N3O. The van der Waals surface area contributed by atoms with Crippen molar-refractivity contribution in [1.82, 2.24) is 15.3 Å². The van der Waals surface area contributed by atoms with Gasteiger partial charge in [0.05, 0.1) is 23.5 Å². The molecule has 0 saturated carbocycles. The topological polar surface area (TPSA) is 54.9 Å². The lowest BCUT2D eigenvalue weighted by molar-refractivity contribution is 0.0946. The number of benzene rings is 2. The molecular weight excluding hydrogens is 312 g/mol. The van der Waals surface area contributed by atoms with E-state index in [-0.39, 0.29) is 17.9 Å². The molecule has 4 nitrogen and oxygen atoms in total. The Morgan fingerprint density at radius 1 is 1.00 bits per heavy atom.